The van der Waals surface area contributed by atoms with Gasteiger partial charge in [0.15, 0.2) is 0 Å². The molecule has 0 radical (unpaired) electrons. The number of aromatic amines is 1. The molecule has 0 saturated carbocycles. The molecule has 2 heterocycles. The molecule has 4 rings (SSSR count). The molecule has 0 bridgehead atoms. The monoisotopic (exact) mass is 432 g/mol. The van der Waals surface area contributed by atoms with Gasteiger partial charge in [-0.2, -0.15) is 5.10 Å². The Morgan fingerprint density at radius 2 is 1.84 bits per heavy atom. The summed E-state index contributed by atoms with van der Waals surface area (Å²) in [5, 5.41) is 7.56. The molecule has 0 atom stereocenters. The van der Waals surface area contributed by atoms with Crippen molar-refractivity contribution in [1.82, 2.24) is 19.7 Å². The molecule has 4 aromatic rings. The molecule has 0 fully saturated rings. The smallest absolute Gasteiger partial charge is 0.294 e. The van der Waals surface area contributed by atoms with E-state index in [0.29, 0.717) is 28.5 Å². The maximum absolute atomic E-state index is 13.0. The maximum Gasteiger partial charge on any atom is 0.294 e. The van der Waals surface area contributed by atoms with E-state index < -0.39 is 22.9 Å². The number of H-pyrrole nitrogens is 1. The number of anilines is 1. The number of amides is 1. The Morgan fingerprint density at radius 3 is 2.50 bits per heavy atom. The standard InChI is InChI=1S/C22H20N6O4/c1-13(29)24-28-22(32)16-9-5-8-15(11-20(31)27-18(23)12-19(30)26-27)21(16)17(25-28)10-14-6-3-2-4-7-14/h2-9,12H,10-11,23H2,1H3,(H,24,29)(H,26,30). The summed E-state index contributed by atoms with van der Waals surface area (Å²) in [6, 6.07) is 15.6. The zero-order chi connectivity index (χ0) is 22.8. The van der Waals surface area contributed by atoms with Gasteiger partial charge in [0.05, 0.1) is 17.5 Å². The Hall–Kier alpha value is -4.47. The van der Waals surface area contributed by atoms with Crippen LogP contribution in [0.15, 0.2) is 64.2 Å². The number of rotatable bonds is 5. The van der Waals surface area contributed by atoms with E-state index in [1.54, 1.807) is 18.2 Å². The van der Waals surface area contributed by atoms with Gasteiger partial charge in [-0.3, -0.25) is 24.3 Å². The third kappa shape index (κ3) is 4.06. The number of nitrogens with one attached hydrogen (secondary N) is 2. The van der Waals surface area contributed by atoms with Crippen molar-refractivity contribution in [2.45, 2.75) is 19.8 Å². The fraction of sp³-hybridized carbons (Fsp3) is 0.136. The summed E-state index contributed by atoms with van der Waals surface area (Å²) in [7, 11) is 0. The molecule has 10 heteroatoms. The molecule has 4 N–H and O–H groups in total. The molecule has 10 nitrogen and oxygen atoms in total. The molecular weight excluding hydrogens is 412 g/mol. The van der Waals surface area contributed by atoms with E-state index in [-0.39, 0.29) is 12.2 Å². The fourth-order valence-electron chi connectivity index (χ4n) is 3.59. The second-order valence-corrected chi connectivity index (χ2v) is 7.28. The third-order valence-electron chi connectivity index (χ3n) is 4.91. The molecule has 0 saturated heterocycles. The number of nitrogens with two attached hydrogens (primary N) is 1. The molecular formula is C22H20N6O4. The van der Waals surface area contributed by atoms with Gasteiger partial charge in [0.25, 0.3) is 17.0 Å². The van der Waals surface area contributed by atoms with Gasteiger partial charge in [-0.05, 0) is 17.2 Å². The Bertz CT molecular complexity index is 1450. The first-order chi connectivity index (χ1) is 15.3. The van der Waals surface area contributed by atoms with Gasteiger partial charge in [0.1, 0.15) is 5.82 Å². The minimum absolute atomic E-state index is 0.00381. The van der Waals surface area contributed by atoms with Crippen molar-refractivity contribution in [2.75, 3.05) is 11.2 Å². The quantitative estimate of drug-likeness (QED) is 0.430. The van der Waals surface area contributed by atoms with Crippen molar-refractivity contribution in [2.24, 2.45) is 0 Å². The first-order valence-corrected chi connectivity index (χ1v) is 9.79. The Labute approximate surface area is 181 Å². The summed E-state index contributed by atoms with van der Waals surface area (Å²) in [5.41, 5.74) is 9.14. The second-order valence-electron chi connectivity index (χ2n) is 7.28. The normalized spacial score (nSPS) is 10.9. The Kier molecular flexibility index (Phi) is 5.42. The van der Waals surface area contributed by atoms with Gasteiger partial charge < -0.3 is 5.73 Å². The number of fused-ring (bicyclic) bond motifs is 1. The van der Waals surface area contributed by atoms with Crippen LogP contribution in [-0.2, 0) is 17.6 Å². The zero-order valence-electron chi connectivity index (χ0n) is 17.2. The molecule has 0 spiro atoms. The summed E-state index contributed by atoms with van der Waals surface area (Å²) in [6.07, 6.45) is 0.240. The number of nitrogens with zero attached hydrogens (tertiary/aromatic N) is 3. The van der Waals surface area contributed by atoms with E-state index in [0.717, 1.165) is 21.1 Å². The maximum atomic E-state index is 13.0. The van der Waals surface area contributed by atoms with E-state index in [4.69, 9.17) is 5.73 Å². The van der Waals surface area contributed by atoms with Crippen LogP contribution in [0.5, 0.6) is 0 Å². The molecule has 0 aliphatic heterocycles. The van der Waals surface area contributed by atoms with Gasteiger partial charge in [0.2, 0.25) is 5.91 Å². The zero-order valence-corrected chi connectivity index (χ0v) is 17.2. The minimum Gasteiger partial charge on any atom is -0.383 e. The lowest BCUT2D eigenvalue weighted by Gasteiger charge is -2.14. The van der Waals surface area contributed by atoms with Crippen LogP contribution >= 0.6 is 0 Å². The molecule has 32 heavy (non-hydrogen) atoms. The summed E-state index contributed by atoms with van der Waals surface area (Å²) < 4.78 is 0.976. The highest BCUT2D eigenvalue weighted by Crippen LogP contribution is 2.22. The van der Waals surface area contributed by atoms with E-state index >= 15 is 0 Å². The summed E-state index contributed by atoms with van der Waals surface area (Å²) in [6.45, 7) is 1.28. The molecule has 0 aliphatic rings. The van der Waals surface area contributed by atoms with Gasteiger partial charge >= 0.3 is 0 Å². The largest absolute Gasteiger partial charge is 0.383 e. The van der Waals surface area contributed by atoms with Gasteiger partial charge in [0, 0.05) is 24.8 Å². The number of nitrogen functional groups attached to an aromatic ring is 1. The van der Waals surface area contributed by atoms with Gasteiger partial charge in [-0.1, -0.05) is 42.5 Å². The first kappa shape index (κ1) is 20.8. The fourth-order valence-corrected chi connectivity index (χ4v) is 3.59. The number of aromatic nitrogens is 4. The van der Waals surface area contributed by atoms with Crippen molar-refractivity contribution in [1.29, 1.82) is 0 Å². The number of hydrogen-bond acceptors (Lipinski definition) is 6. The lowest BCUT2D eigenvalue weighted by Crippen LogP contribution is -2.35. The number of benzene rings is 2. The summed E-state index contributed by atoms with van der Waals surface area (Å²) in [5.74, 6) is -0.910. The molecule has 2 aromatic carbocycles. The van der Waals surface area contributed by atoms with Crippen LogP contribution in [0.25, 0.3) is 10.8 Å². The van der Waals surface area contributed by atoms with Gasteiger partial charge in [-0.15, -0.1) is 4.79 Å². The average molecular weight is 432 g/mol. The van der Waals surface area contributed by atoms with Crippen molar-refractivity contribution in [3.8, 4) is 0 Å². The van der Waals surface area contributed by atoms with Crippen molar-refractivity contribution >= 4 is 28.4 Å². The van der Waals surface area contributed by atoms with Crippen LogP contribution in [0.4, 0.5) is 5.82 Å². The van der Waals surface area contributed by atoms with Crippen LogP contribution in [-0.4, -0.2) is 31.5 Å². The van der Waals surface area contributed by atoms with Crippen LogP contribution < -0.4 is 22.3 Å². The van der Waals surface area contributed by atoms with Crippen LogP contribution in [0, 0.1) is 0 Å². The average Bonchev–Trinajstić information content (AvgIpc) is 3.10. The second kappa shape index (κ2) is 8.34. The van der Waals surface area contributed by atoms with Gasteiger partial charge in [-0.25, -0.2) is 10.1 Å². The van der Waals surface area contributed by atoms with Crippen molar-refractivity contribution in [3.63, 3.8) is 0 Å². The molecule has 0 unspecified atom stereocenters. The highest BCUT2D eigenvalue weighted by Gasteiger charge is 2.18. The third-order valence-corrected chi connectivity index (χ3v) is 4.91. The van der Waals surface area contributed by atoms with Crippen molar-refractivity contribution in [3.05, 3.63) is 92.1 Å². The lowest BCUT2D eigenvalue weighted by molar-refractivity contribution is -0.115. The molecule has 2 aromatic heterocycles. The predicted octanol–water partition coefficient (Wildman–Crippen LogP) is 1.03. The topological polar surface area (TPSA) is 145 Å². The Morgan fingerprint density at radius 1 is 1.09 bits per heavy atom. The summed E-state index contributed by atoms with van der Waals surface area (Å²) in [4.78, 5) is 49.8. The van der Waals surface area contributed by atoms with Crippen LogP contribution in [0.1, 0.15) is 28.5 Å². The number of hydrogen-bond donors (Lipinski definition) is 3. The minimum atomic E-state index is -0.518. The highest BCUT2D eigenvalue weighted by atomic mass is 16.2. The van der Waals surface area contributed by atoms with Crippen LogP contribution in [0.3, 0.4) is 0 Å². The SMILES string of the molecule is CC(=O)Nn1nc(Cc2ccccc2)c2c(CC(=O)n3[nH]c(=O)cc3N)cccc2c1=O. The molecule has 1 amide bonds. The lowest BCUT2D eigenvalue weighted by atomic mass is 9.98. The molecule has 162 valence electrons. The molecule has 0 aliphatic carbocycles. The highest BCUT2D eigenvalue weighted by molar-refractivity contribution is 5.93. The van der Waals surface area contributed by atoms with Crippen LogP contribution in [0.2, 0.25) is 0 Å². The summed E-state index contributed by atoms with van der Waals surface area (Å²) >= 11 is 0. The van der Waals surface area contributed by atoms with E-state index in [9.17, 15) is 19.2 Å². The van der Waals surface area contributed by atoms with E-state index in [2.05, 4.69) is 15.6 Å². The predicted molar refractivity (Wildman–Crippen MR) is 119 cm³/mol. The Balaban J connectivity index is 1.88. The van der Waals surface area contributed by atoms with Crippen molar-refractivity contribution < 1.29 is 9.59 Å². The first-order valence-electron chi connectivity index (χ1n) is 9.79. The van der Waals surface area contributed by atoms with E-state index in [1.165, 1.54) is 6.92 Å². The van der Waals surface area contributed by atoms with E-state index in [1.807, 2.05) is 30.3 Å². The number of carbonyl (C=O) groups is 2. The number of carbonyl (C=O) groups excluding carboxylic acids is 2.